The first-order valence-corrected chi connectivity index (χ1v) is 10.3. The third-order valence-corrected chi connectivity index (χ3v) is 5.01. The van der Waals surface area contributed by atoms with Gasteiger partial charge in [0, 0.05) is 11.9 Å². The maximum Gasteiger partial charge on any atom is 0.238 e. The molecule has 8 nitrogen and oxygen atoms in total. The van der Waals surface area contributed by atoms with E-state index in [-0.39, 0.29) is 17.5 Å². The van der Waals surface area contributed by atoms with Crippen LogP contribution in [0.1, 0.15) is 20.3 Å². The summed E-state index contributed by atoms with van der Waals surface area (Å²) in [5.41, 5.74) is 0.617. The van der Waals surface area contributed by atoms with Crippen LogP contribution in [-0.4, -0.2) is 36.1 Å². The lowest BCUT2D eigenvalue weighted by Crippen LogP contribution is -2.26. The van der Waals surface area contributed by atoms with Crippen LogP contribution in [0.15, 0.2) is 39.8 Å². The van der Waals surface area contributed by atoms with Gasteiger partial charge in [0.05, 0.1) is 22.0 Å². The minimum atomic E-state index is -3.73. The van der Waals surface area contributed by atoms with Crippen molar-refractivity contribution in [3.8, 4) is 0 Å². The van der Waals surface area contributed by atoms with Crippen molar-refractivity contribution >= 4 is 43.4 Å². The van der Waals surface area contributed by atoms with Gasteiger partial charge in [0.1, 0.15) is 5.82 Å². The average molecular weight is 444 g/mol. The predicted molar refractivity (Wildman–Crippen MR) is 105 cm³/mol. The summed E-state index contributed by atoms with van der Waals surface area (Å²) in [5, 5.41) is 20.8. The van der Waals surface area contributed by atoms with Crippen molar-refractivity contribution in [3.63, 3.8) is 0 Å². The van der Waals surface area contributed by atoms with Crippen molar-refractivity contribution in [2.45, 2.75) is 31.2 Å². The van der Waals surface area contributed by atoms with Crippen LogP contribution in [0.4, 0.5) is 17.5 Å². The van der Waals surface area contributed by atoms with Gasteiger partial charge in [-0.3, -0.25) is 0 Å². The molecular formula is C16H22BrN5O3S. The molecule has 0 amide bonds. The second-order valence-corrected chi connectivity index (χ2v) is 8.65. The number of hydrogen-bond donors (Lipinski definition) is 4. The van der Waals surface area contributed by atoms with E-state index in [4.69, 9.17) is 5.14 Å². The van der Waals surface area contributed by atoms with E-state index in [1.165, 1.54) is 12.1 Å². The largest absolute Gasteiger partial charge is 0.394 e. The highest BCUT2D eigenvalue weighted by molar-refractivity contribution is 9.10. The number of nitrogens with two attached hydrogens (primary N) is 1. The number of anilines is 3. The summed E-state index contributed by atoms with van der Waals surface area (Å²) in [6, 6.07) is 5.84. The molecule has 0 aliphatic rings. The van der Waals surface area contributed by atoms with Gasteiger partial charge >= 0.3 is 0 Å². The number of aliphatic hydroxyl groups excluding tert-OH is 1. The average Bonchev–Trinajstić information content (AvgIpc) is 2.56. The number of nitrogens with one attached hydrogen (secondary N) is 2. The molecule has 1 heterocycles. The summed E-state index contributed by atoms with van der Waals surface area (Å²) in [6.07, 6.45) is 2.39. The molecule has 0 bridgehead atoms. The van der Waals surface area contributed by atoms with Crippen LogP contribution in [0.2, 0.25) is 0 Å². The molecule has 0 aliphatic carbocycles. The molecular weight excluding hydrogens is 422 g/mol. The number of primary sulfonamides is 1. The Morgan fingerprint density at radius 2 is 1.92 bits per heavy atom. The van der Waals surface area contributed by atoms with E-state index in [0.717, 1.165) is 6.42 Å². The Bertz CT molecular complexity index is 843. The Morgan fingerprint density at radius 1 is 1.27 bits per heavy atom. The number of nitrogens with zero attached hydrogens (tertiary/aromatic N) is 2. The molecule has 5 N–H and O–H groups in total. The molecule has 26 heavy (non-hydrogen) atoms. The normalized spacial score (nSPS) is 12.8. The molecule has 0 saturated heterocycles. The Labute approximate surface area is 161 Å². The van der Waals surface area contributed by atoms with Gasteiger partial charge in [0.15, 0.2) is 0 Å². The van der Waals surface area contributed by atoms with Crippen molar-refractivity contribution in [3.05, 3.63) is 34.9 Å². The van der Waals surface area contributed by atoms with Crippen molar-refractivity contribution in [1.82, 2.24) is 9.97 Å². The van der Waals surface area contributed by atoms with Crippen LogP contribution in [-0.2, 0) is 10.0 Å². The van der Waals surface area contributed by atoms with Gasteiger partial charge in [-0.1, -0.05) is 13.8 Å². The molecule has 0 saturated carbocycles. The quantitative estimate of drug-likeness (QED) is 0.492. The summed E-state index contributed by atoms with van der Waals surface area (Å²) in [7, 11) is -3.73. The third-order valence-electron chi connectivity index (χ3n) is 3.50. The molecule has 0 aliphatic heterocycles. The first-order valence-electron chi connectivity index (χ1n) is 7.99. The van der Waals surface area contributed by atoms with E-state index >= 15 is 0 Å². The Morgan fingerprint density at radius 3 is 2.46 bits per heavy atom. The number of halogens is 1. The fourth-order valence-corrected chi connectivity index (χ4v) is 3.15. The van der Waals surface area contributed by atoms with E-state index in [1.54, 1.807) is 18.3 Å². The Balaban J connectivity index is 2.16. The molecule has 1 aromatic heterocycles. The summed E-state index contributed by atoms with van der Waals surface area (Å²) in [6.45, 7) is 4.15. The van der Waals surface area contributed by atoms with Gasteiger partial charge in [-0.2, -0.15) is 4.98 Å². The zero-order valence-corrected chi connectivity index (χ0v) is 16.9. The van der Waals surface area contributed by atoms with Crippen molar-refractivity contribution in [2.75, 3.05) is 17.2 Å². The lowest BCUT2D eigenvalue weighted by Gasteiger charge is -2.20. The summed E-state index contributed by atoms with van der Waals surface area (Å²) in [5.74, 6) is 1.32. The zero-order valence-electron chi connectivity index (χ0n) is 14.5. The highest BCUT2D eigenvalue weighted by Gasteiger charge is 2.14. The van der Waals surface area contributed by atoms with Crippen LogP contribution in [0.5, 0.6) is 0 Å². The van der Waals surface area contributed by atoms with Crippen LogP contribution in [0.25, 0.3) is 0 Å². The van der Waals surface area contributed by atoms with Crippen LogP contribution in [0.3, 0.4) is 0 Å². The number of rotatable bonds is 8. The fraction of sp³-hybridized carbons (Fsp3) is 0.375. The lowest BCUT2D eigenvalue weighted by molar-refractivity contribution is 0.259. The number of aliphatic hydroxyl groups is 1. The topological polar surface area (TPSA) is 130 Å². The molecule has 1 atom stereocenters. The minimum Gasteiger partial charge on any atom is -0.394 e. The standard InChI is InChI=1S/C16H22BrN5O3S/c1-10(2)7-12(9-23)20-15-14(17)8-19-16(22-15)21-11-3-5-13(6-4-11)26(18,24)25/h3-6,8,10,12,23H,7,9H2,1-2H3,(H2,18,24,25)(H2,19,20,21,22)/t12-/m1/s1. The maximum absolute atomic E-state index is 11.3. The number of sulfonamides is 1. The van der Waals surface area contributed by atoms with Gasteiger partial charge in [-0.25, -0.2) is 18.5 Å². The van der Waals surface area contributed by atoms with E-state index in [1.807, 2.05) is 0 Å². The van der Waals surface area contributed by atoms with Crippen molar-refractivity contribution in [1.29, 1.82) is 0 Å². The number of hydrogen-bond acceptors (Lipinski definition) is 7. The van der Waals surface area contributed by atoms with Gasteiger partial charge in [-0.05, 0) is 52.5 Å². The smallest absolute Gasteiger partial charge is 0.238 e. The Kier molecular flexibility index (Phi) is 6.93. The second-order valence-electron chi connectivity index (χ2n) is 6.24. The first-order chi connectivity index (χ1) is 12.2. The molecule has 10 heteroatoms. The van der Waals surface area contributed by atoms with Crippen molar-refractivity contribution in [2.24, 2.45) is 11.1 Å². The SMILES string of the molecule is CC(C)C[C@H](CO)Nc1nc(Nc2ccc(S(N)(=O)=O)cc2)ncc1Br. The van der Waals surface area contributed by atoms with Gasteiger partial charge in [0.25, 0.3) is 0 Å². The van der Waals surface area contributed by atoms with E-state index in [9.17, 15) is 13.5 Å². The molecule has 142 valence electrons. The zero-order chi connectivity index (χ0) is 19.3. The monoisotopic (exact) mass is 443 g/mol. The summed E-state index contributed by atoms with van der Waals surface area (Å²) >= 11 is 3.39. The van der Waals surface area contributed by atoms with Crippen LogP contribution >= 0.6 is 15.9 Å². The molecule has 2 aromatic rings. The van der Waals surface area contributed by atoms with Crippen molar-refractivity contribution < 1.29 is 13.5 Å². The van der Waals surface area contributed by atoms with E-state index in [2.05, 4.69) is 50.4 Å². The maximum atomic E-state index is 11.3. The predicted octanol–water partition coefficient (Wildman–Crippen LogP) is 2.45. The number of benzene rings is 1. The molecule has 2 rings (SSSR count). The highest BCUT2D eigenvalue weighted by Crippen LogP contribution is 2.24. The molecule has 1 aromatic carbocycles. The summed E-state index contributed by atoms with van der Waals surface area (Å²) in [4.78, 5) is 8.61. The molecule has 0 unspecified atom stereocenters. The fourth-order valence-electron chi connectivity index (χ4n) is 2.33. The second kappa shape index (κ2) is 8.76. The van der Waals surface area contributed by atoms with Gasteiger partial charge in [-0.15, -0.1) is 0 Å². The highest BCUT2D eigenvalue weighted by atomic mass is 79.9. The first kappa shape index (κ1) is 20.6. The van der Waals surface area contributed by atoms with Crippen LogP contribution in [0, 0.1) is 5.92 Å². The molecule has 0 fully saturated rings. The molecule has 0 radical (unpaired) electrons. The third kappa shape index (κ3) is 5.90. The number of aromatic nitrogens is 2. The summed E-state index contributed by atoms with van der Waals surface area (Å²) < 4.78 is 23.3. The van der Waals surface area contributed by atoms with Gasteiger partial charge < -0.3 is 15.7 Å². The van der Waals surface area contributed by atoms with Crippen LogP contribution < -0.4 is 15.8 Å². The van der Waals surface area contributed by atoms with Gasteiger partial charge in [0.2, 0.25) is 16.0 Å². The minimum absolute atomic E-state index is 0.00753. The Hall–Kier alpha value is -1.75. The molecule has 0 spiro atoms. The van der Waals surface area contributed by atoms with E-state index < -0.39 is 10.0 Å². The lowest BCUT2D eigenvalue weighted by atomic mass is 10.0. The van der Waals surface area contributed by atoms with E-state index in [0.29, 0.717) is 27.8 Å².